The Labute approximate surface area is 165 Å². The Morgan fingerprint density at radius 2 is 1.36 bits per heavy atom. The van der Waals surface area contributed by atoms with Crippen LogP contribution in [-0.4, -0.2) is 48.0 Å². The Morgan fingerprint density at radius 1 is 0.786 bits per heavy atom. The number of hydrogen-bond acceptors (Lipinski definition) is 6. The quantitative estimate of drug-likeness (QED) is 0.655. The highest BCUT2D eigenvalue weighted by Gasteiger charge is 2.19. The van der Waals surface area contributed by atoms with Crippen LogP contribution in [0.1, 0.15) is 12.5 Å². The van der Waals surface area contributed by atoms with E-state index in [1.54, 1.807) is 52.6 Å². The van der Waals surface area contributed by atoms with E-state index >= 15 is 0 Å². The zero-order chi connectivity index (χ0) is 20.7. The number of benzene rings is 2. The monoisotopic (exact) mass is 389 g/mol. The molecule has 1 amide bonds. The first kappa shape index (κ1) is 21.2. The predicted molar refractivity (Wildman–Crippen MR) is 107 cm³/mol. The summed E-state index contributed by atoms with van der Waals surface area (Å²) in [6.45, 7) is 2.00. The van der Waals surface area contributed by atoms with Crippen molar-refractivity contribution < 1.29 is 28.5 Å². The van der Waals surface area contributed by atoms with Gasteiger partial charge in [-0.2, -0.15) is 0 Å². The SMILES string of the molecule is COc1ccc(CCN(C(C)=O)c2cc(OC)c(OC)c(OC)c2)cc1OC. The van der Waals surface area contributed by atoms with Crippen molar-refractivity contribution in [1.29, 1.82) is 0 Å². The standard InChI is InChI=1S/C21H27NO6/c1-14(23)22(10-9-15-7-8-17(24-2)18(11-15)25-3)16-12-19(26-4)21(28-6)20(13-16)27-5/h7-8,11-13H,9-10H2,1-6H3. The van der Waals surface area contributed by atoms with Crippen LogP contribution < -0.4 is 28.6 Å². The van der Waals surface area contributed by atoms with Crippen molar-refractivity contribution >= 4 is 11.6 Å². The van der Waals surface area contributed by atoms with Gasteiger partial charge in [0.1, 0.15) is 0 Å². The lowest BCUT2D eigenvalue weighted by Crippen LogP contribution is -2.30. The summed E-state index contributed by atoms with van der Waals surface area (Å²) in [5.74, 6) is 2.71. The number of methoxy groups -OCH3 is 5. The molecule has 0 aromatic heterocycles. The molecule has 0 aliphatic carbocycles. The molecule has 0 atom stereocenters. The van der Waals surface area contributed by atoms with E-state index in [2.05, 4.69) is 0 Å². The van der Waals surface area contributed by atoms with Crippen molar-refractivity contribution in [2.45, 2.75) is 13.3 Å². The topological polar surface area (TPSA) is 66.5 Å². The number of carbonyl (C=O) groups excluding carboxylic acids is 1. The molecule has 0 aliphatic heterocycles. The molecule has 0 radical (unpaired) electrons. The smallest absolute Gasteiger partial charge is 0.223 e. The van der Waals surface area contributed by atoms with Crippen LogP contribution in [0.3, 0.4) is 0 Å². The fraction of sp³-hybridized carbons (Fsp3) is 0.381. The molecule has 0 saturated heterocycles. The summed E-state index contributed by atoms with van der Waals surface area (Å²) in [6.07, 6.45) is 0.636. The normalized spacial score (nSPS) is 10.2. The van der Waals surface area contributed by atoms with Crippen LogP contribution >= 0.6 is 0 Å². The lowest BCUT2D eigenvalue weighted by Gasteiger charge is -2.24. The molecule has 0 spiro atoms. The van der Waals surface area contributed by atoms with Crippen LogP contribution in [0.15, 0.2) is 30.3 Å². The molecule has 0 aliphatic rings. The van der Waals surface area contributed by atoms with E-state index < -0.39 is 0 Å². The molecule has 0 saturated carbocycles. The Balaban J connectivity index is 2.30. The average Bonchev–Trinajstić information content (AvgIpc) is 2.72. The van der Waals surface area contributed by atoms with Gasteiger partial charge in [0.05, 0.1) is 41.2 Å². The Bertz CT molecular complexity index is 796. The Morgan fingerprint density at radius 3 is 1.82 bits per heavy atom. The molecule has 0 N–H and O–H groups in total. The summed E-state index contributed by atoms with van der Waals surface area (Å²) in [5, 5.41) is 0. The minimum absolute atomic E-state index is 0.0882. The van der Waals surface area contributed by atoms with Gasteiger partial charge in [-0.15, -0.1) is 0 Å². The van der Waals surface area contributed by atoms with Crippen molar-refractivity contribution in [3.8, 4) is 28.7 Å². The summed E-state index contributed by atoms with van der Waals surface area (Å²) in [6, 6.07) is 9.24. The molecular weight excluding hydrogens is 362 g/mol. The molecule has 152 valence electrons. The molecule has 2 aromatic carbocycles. The van der Waals surface area contributed by atoms with Gasteiger partial charge >= 0.3 is 0 Å². The average molecular weight is 389 g/mol. The maximum atomic E-state index is 12.3. The van der Waals surface area contributed by atoms with Crippen molar-refractivity contribution in [2.75, 3.05) is 47.0 Å². The van der Waals surface area contributed by atoms with Crippen LogP contribution in [0.2, 0.25) is 0 Å². The van der Waals surface area contributed by atoms with E-state index in [0.717, 1.165) is 5.56 Å². The second kappa shape index (κ2) is 9.73. The third kappa shape index (κ3) is 4.60. The van der Waals surface area contributed by atoms with Crippen LogP contribution in [0.4, 0.5) is 5.69 Å². The maximum absolute atomic E-state index is 12.3. The molecule has 0 unspecified atom stereocenters. The first-order chi connectivity index (χ1) is 13.5. The molecule has 0 heterocycles. The van der Waals surface area contributed by atoms with Crippen molar-refractivity contribution in [3.05, 3.63) is 35.9 Å². The van der Waals surface area contributed by atoms with Gasteiger partial charge in [0, 0.05) is 25.6 Å². The van der Waals surface area contributed by atoms with E-state index in [-0.39, 0.29) is 5.91 Å². The Hall–Kier alpha value is -3.09. The number of anilines is 1. The zero-order valence-corrected chi connectivity index (χ0v) is 17.2. The number of carbonyl (C=O) groups is 1. The highest BCUT2D eigenvalue weighted by atomic mass is 16.5. The maximum Gasteiger partial charge on any atom is 0.223 e. The zero-order valence-electron chi connectivity index (χ0n) is 17.2. The van der Waals surface area contributed by atoms with E-state index in [4.69, 9.17) is 23.7 Å². The van der Waals surface area contributed by atoms with Gasteiger partial charge in [0.25, 0.3) is 0 Å². The number of rotatable bonds is 9. The predicted octanol–water partition coefficient (Wildman–Crippen LogP) is 3.33. The molecule has 7 heteroatoms. The van der Waals surface area contributed by atoms with Crippen molar-refractivity contribution in [1.82, 2.24) is 0 Å². The lowest BCUT2D eigenvalue weighted by atomic mass is 10.1. The van der Waals surface area contributed by atoms with E-state index in [1.165, 1.54) is 6.92 Å². The molecule has 7 nitrogen and oxygen atoms in total. The van der Waals surface area contributed by atoms with Crippen LogP contribution in [-0.2, 0) is 11.2 Å². The van der Waals surface area contributed by atoms with E-state index in [9.17, 15) is 4.79 Å². The molecular formula is C21H27NO6. The molecule has 0 fully saturated rings. The minimum atomic E-state index is -0.0882. The van der Waals surface area contributed by atoms with Crippen LogP contribution in [0.25, 0.3) is 0 Å². The summed E-state index contributed by atoms with van der Waals surface area (Å²) in [4.78, 5) is 14.0. The highest BCUT2D eigenvalue weighted by Crippen LogP contribution is 2.41. The van der Waals surface area contributed by atoms with Gasteiger partial charge in [-0.3, -0.25) is 4.79 Å². The van der Waals surface area contributed by atoms with E-state index in [1.807, 2.05) is 18.2 Å². The minimum Gasteiger partial charge on any atom is -0.493 e. The van der Waals surface area contributed by atoms with Crippen molar-refractivity contribution in [3.63, 3.8) is 0 Å². The van der Waals surface area contributed by atoms with E-state index in [0.29, 0.717) is 47.4 Å². The number of hydrogen-bond donors (Lipinski definition) is 0. The lowest BCUT2D eigenvalue weighted by molar-refractivity contribution is -0.116. The molecule has 2 rings (SSSR count). The van der Waals surface area contributed by atoms with Gasteiger partial charge in [-0.1, -0.05) is 6.07 Å². The molecule has 0 bridgehead atoms. The summed E-state index contributed by atoms with van der Waals surface area (Å²) in [5.41, 5.74) is 1.69. The summed E-state index contributed by atoms with van der Waals surface area (Å²) in [7, 11) is 7.82. The second-order valence-corrected chi connectivity index (χ2v) is 5.99. The summed E-state index contributed by atoms with van der Waals surface area (Å²) < 4.78 is 26.8. The first-order valence-corrected chi connectivity index (χ1v) is 8.78. The number of ether oxygens (including phenoxy) is 5. The highest BCUT2D eigenvalue weighted by molar-refractivity contribution is 5.92. The first-order valence-electron chi connectivity index (χ1n) is 8.78. The van der Waals surface area contributed by atoms with Crippen molar-refractivity contribution in [2.24, 2.45) is 0 Å². The van der Waals surface area contributed by atoms with Gasteiger partial charge in [-0.05, 0) is 24.1 Å². The number of amides is 1. The third-order valence-electron chi connectivity index (χ3n) is 4.41. The third-order valence-corrected chi connectivity index (χ3v) is 4.41. The second-order valence-electron chi connectivity index (χ2n) is 5.99. The van der Waals surface area contributed by atoms with Gasteiger partial charge in [0.2, 0.25) is 11.7 Å². The number of nitrogens with zero attached hydrogens (tertiary/aromatic N) is 1. The van der Waals surface area contributed by atoms with Gasteiger partial charge in [-0.25, -0.2) is 0 Å². The van der Waals surface area contributed by atoms with Gasteiger partial charge in [0.15, 0.2) is 23.0 Å². The fourth-order valence-corrected chi connectivity index (χ4v) is 2.97. The summed E-state index contributed by atoms with van der Waals surface area (Å²) >= 11 is 0. The molecule has 28 heavy (non-hydrogen) atoms. The van der Waals surface area contributed by atoms with Crippen LogP contribution in [0, 0.1) is 0 Å². The molecule has 2 aromatic rings. The fourth-order valence-electron chi connectivity index (χ4n) is 2.97. The Kier molecular flexibility index (Phi) is 7.37. The van der Waals surface area contributed by atoms with Gasteiger partial charge < -0.3 is 28.6 Å². The largest absolute Gasteiger partial charge is 0.493 e. The van der Waals surface area contributed by atoms with Crippen LogP contribution in [0.5, 0.6) is 28.7 Å².